The summed E-state index contributed by atoms with van der Waals surface area (Å²) in [4.78, 5) is 19.1. The Labute approximate surface area is 99.0 Å². The van der Waals surface area contributed by atoms with Crippen LogP contribution in [0.4, 0.5) is 0 Å². The molecule has 0 saturated heterocycles. The Morgan fingerprint density at radius 1 is 1.47 bits per heavy atom. The van der Waals surface area contributed by atoms with E-state index in [1.165, 1.54) is 0 Å². The van der Waals surface area contributed by atoms with Crippen LogP contribution in [0, 0.1) is 0 Å². The highest BCUT2D eigenvalue weighted by Gasteiger charge is 2.40. The number of benzene rings is 1. The highest BCUT2D eigenvalue weighted by Crippen LogP contribution is 2.46. The van der Waals surface area contributed by atoms with E-state index in [-0.39, 0.29) is 5.54 Å². The van der Waals surface area contributed by atoms with E-state index in [1.54, 1.807) is 12.4 Å². The Balaban J connectivity index is 2.26. The summed E-state index contributed by atoms with van der Waals surface area (Å²) in [5.41, 5.74) is 2.73. The summed E-state index contributed by atoms with van der Waals surface area (Å²) in [6.45, 7) is 0. The van der Waals surface area contributed by atoms with E-state index in [0.29, 0.717) is 0 Å². The highest BCUT2D eigenvalue weighted by molar-refractivity contribution is 5.80. The number of nitrogens with zero attached hydrogens (tertiary/aromatic N) is 3. The van der Waals surface area contributed by atoms with Crippen molar-refractivity contribution in [3.8, 4) is 0 Å². The highest BCUT2D eigenvalue weighted by atomic mass is 16.1. The average molecular weight is 227 g/mol. The maximum absolute atomic E-state index is 10.6. The maximum atomic E-state index is 10.6. The summed E-state index contributed by atoms with van der Waals surface area (Å²) < 4.78 is 1.98. The van der Waals surface area contributed by atoms with E-state index in [2.05, 4.69) is 9.98 Å². The second-order valence-electron chi connectivity index (χ2n) is 4.62. The molecule has 1 aliphatic carbocycles. The third kappa shape index (κ3) is 1.34. The molecular formula is C13H13N3O. The first-order chi connectivity index (χ1) is 8.27. The van der Waals surface area contributed by atoms with Crippen molar-refractivity contribution in [2.24, 2.45) is 12.0 Å². The lowest BCUT2D eigenvalue weighted by molar-refractivity contribution is 0.258. The van der Waals surface area contributed by atoms with Crippen molar-refractivity contribution < 1.29 is 4.79 Å². The van der Waals surface area contributed by atoms with E-state index in [0.717, 1.165) is 35.9 Å². The molecule has 0 unspecified atom stereocenters. The molecule has 0 bridgehead atoms. The number of aliphatic imine (C=N–C) groups is 1. The van der Waals surface area contributed by atoms with Gasteiger partial charge in [0.05, 0.1) is 17.4 Å². The van der Waals surface area contributed by atoms with Gasteiger partial charge < -0.3 is 4.57 Å². The lowest BCUT2D eigenvalue weighted by atomic mass is 9.72. The fourth-order valence-corrected chi connectivity index (χ4v) is 2.57. The van der Waals surface area contributed by atoms with E-state index in [1.807, 2.05) is 29.8 Å². The predicted octanol–water partition coefficient (Wildman–Crippen LogP) is 2.29. The van der Waals surface area contributed by atoms with Crippen LogP contribution in [-0.2, 0) is 17.4 Å². The number of imidazole rings is 1. The third-order valence-corrected chi connectivity index (χ3v) is 3.70. The molecule has 0 N–H and O–H groups in total. The molecule has 86 valence electrons. The minimum absolute atomic E-state index is 0.365. The molecule has 4 heteroatoms. The van der Waals surface area contributed by atoms with Crippen LogP contribution in [0.3, 0.4) is 0 Å². The van der Waals surface area contributed by atoms with Crippen LogP contribution in [0.25, 0.3) is 11.0 Å². The molecule has 1 aromatic heterocycles. The molecule has 0 atom stereocenters. The number of isocyanates is 1. The van der Waals surface area contributed by atoms with Gasteiger partial charge in [0.1, 0.15) is 5.54 Å². The molecule has 17 heavy (non-hydrogen) atoms. The summed E-state index contributed by atoms with van der Waals surface area (Å²) in [5, 5.41) is 0. The Kier molecular flexibility index (Phi) is 2.13. The Morgan fingerprint density at radius 3 is 2.94 bits per heavy atom. The molecule has 1 heterocycles. The number of aromatic nitrogens is 2. The molecule has 1 saturated carbocycles. The third-order valence-electron chi connectivity index (χ3n) is 3.70. The zero-order valence-corrected chi connectivity index (χ0v) is 9.68. The number of carbonyl (C=O) groups excluding carboxylic acids is 1. The first kappa shape index (κ1) is 10.2. The van der Waals surface area contributed by atoms with Crippen LogP contribution < -0.4 is 0 Å². The number of aryl methyl sites for hydroxylation is 1. The van der Waals surface area contributed by atoms with Gasteiger partial charge in [-0.05, 0) is 25.3 Å². The molecule has 3 rings (SSSR count). The monoisotopic (exact) mass is 227 g/mol. The number of fused-ring (bicyclic) bond motifs is 1. The fraction of sp³-hybridized carbons (Fsp3) is 0.385. The average Bonchev–Trinajstić information content (AvgIpc) is 2.66. The van der Waals surface area contributed by atoms with Gasteiger partial charge in [0, 0.05) is 12.6 Å². The molecule has 0 aliphatic heterocycles. The zero-order valence-electron chi connectivity index (χ0n) is 9.68. The van der Waals surface area contributed by atoms with Gasteiger partial charge in [-0.15, -0.1) is 0 Å². The van der Waals surface area contributed by atoms with Crippen molar-refractivity contribution >= 4 is 17.1 Å². The van der Waals surface area contributed by atoms with Crippen LogP contribution in [0.2, 0.25) is 0 Å². The van der Waals surface area contributed by atoms with E-state index >= 15 is 0 Å². The fourth-order valence-electron chi connectivity index (χ4n) is 2.57. The summed E-state index contributed by atoms with van der Waals surface area (Å²) in [6, 6.07) is 6.05. The Bertz CT molecular complexity index is 619. The van der Waals surface area contributed by atoms with Gasteiger partial charge in [0.15, 0.2) is 0 Å². The molecule has 0 spiro atoms. The molecule has 1 aromatic carbocycles. The summed E-state index contributed by atoms with van der Waals surface area (Å²) >= 11 is 0. The first-order valence-corrected chi connectivity index (χ1v) is 5.76. The van der Waals surface area contributed by atoms with Gasteiger partial charge in [0.2, 0.25) is 6.08 Å². The normalized spacial score (nSPS) is 17.5. The molecular weight excluding hydrogens is 214 g/mol. The standard InChI is InChI=1S/C13H13N3O/c1-16-8-14-12-10(4-2-5-11(12)16)13(15-9-17)6-3-7-13/h2,4-5,8H,3,6-7H2,1H3. The lowest BCUT2D eigenvalue weighted by Gasteiger charge is -2.37. The van der Waals surface area contributed by atoms with Crippen molar-refractivity contribution in [3.63, 3.8) is 0 Å². The predicted molar refractivity (Wildman–Crippen MR) is 64.4 cm³/mol. The van der Waals surface area contributed by atoms with Crippen LogP contribution in [0.1, 0.15) is 24.8 Å². The van der Waals surface area contributed by atoms with Gasteiger partial charge >= 0.3 is 0 Å². The van der Waals surface area contributed by atoms with E-state index in [9.17, 15) is 4.79 Å². The first-order valence-electron chi connectivity index (χ1n) is 5.76. The van der Waals surface area contributed by atoms with Crippen molar-refractivity contribution in [2.45, 2.75) is 24.8 Å². The van der Waals surface area contributed by atoms with Crippen LogP contribution >= 0.6 is 0 Å². The van der Waals surface area contributed by atoms with E-state index in [4.69, 9.17) is 0 Å². The van der Waals surface area contributed by atoms with Crippen molar-refractivity contribution in [1.29, 1.82) is 0 Å². The second-order valence-corrected chi connectivity index (χ2v) is 4.62. The Morgan fingerprint density at radius 2 is 2.29 bits per heavy atom. The molecule has 0 radical (unpaired) electrons. The van der Waals surface area contributed by atoms with Crippen molar-refractivity contribution in [3.05, 3.63) is 30.1 Å². The van der Waals surface area contributed by atoms with E-state index < -0.39 is 0 Å². The molecule has 2 aromatic rings. The van der Waals surface area contributed by atoms with Crippen LogP contribution in [-0.4, -0.2) is 15.6 Å². The van der Waals surface area contributed by atoms with Crippen molar-refractivity contribution in [2.75, 3.05) is 0 Å². The summed E-state index contributed by atoms with van der Waals surface area (Å²) in [7, 11) is 1.97. The maximum Gasteiger partial charge on any atom is 0.235 e. The van der Waals surface area contributed by atoms with Gasteiger partial charge in [-0.25, -0.2) is 9.78 Å². The minimum atomic E-state index is -0.365. The van der Waals surface area contributed by atoms with Gasteiger partial charge in [-0.3, -0.25) is 0 Å². The number of hydrogen-bond acceptors (Lipinski definition) is 3. The quantitative estimate of drug-likeness (QED) is 0.583. The lowest BCUT2D eigenvalue weighted by Crippen LogP contribution is -2.32. The zero-order chi connectivity index (χ0) is 11.9. The molecule has 4 nitrogen and oxygen atoms in total. The van der Waals surface area contributed by atoms with Crippen molar-refractivity contribution in [1.82, 2.24) is 9.55 Å². The topological polar surface area (TPSA) is 47.2 Å². The smallest absolute Gasteiger partial charge is 0.235 e. The molecule has 1 aliphatic rings. The Hall–Kier alpha value is -1.93. The molecule has 1 fully saturated rings. The minimum Gasteiger partial charge on any atom is -0.334 e. The number of para-hydroxylation sites is 1. The van der Waals surface area contributed by atoms with Crippen LogP contribution in [0.15, 0.2) is 29.5 Å². The van der Waals surface area contributed by atoms with Gasteiger partial charge in [-0.2, -0.15) is 4.99 Å². The second kappa shape index (κ2) is 3.54. The largest absolute Gasteiger partial charge is 0.334 e. The summed E-state index contributed by atoms with van der Waals surface area (Å²) in [6.07, 6.45) is 6.45. The van der Waals surface area contributed by atoms with Gasteiger partial charge in [0.25, 0.3) is 0 Å². The summed E-state index contributed by atoms with van der Waals surface area (Å²) in [5.74, 6) is 0. The van der Waals surface area contributed by atoms with Crippen LogP contribution in [0.5, 0.6) is 0 Å². The number of rotatable bonds is 2. The number of hydrogen-bond donors (Lipinski definition) is 0. The van der Waals surface area contributed by atoms with Gasteiger partial charge in [-0.1, -0.05) is 12.1 Å². The molecule has 0 amide bonds. The SMILES string of the molecule is Cn1cnc2c(C3(N=C=O)CCC3)cccc21.